The molecule has 1 amide bonds. The average Bonchev–Trinajstić information content (AvgIpc) is 2.73. The lowest BCUT2D eigenvalue weighted by molar-refractivity contribution is -0.122. The molecule has 0 aliphatic rings. The number of carbonyl (C=O) groups is 1. The number of hydrogen-bond donors (Lipinski definition) is 1. The minimum atomic E-state index is -0.569. The van der Waals surface area contributed by atoms with Gasteiger partial charge in [-0.05, 0) is 51.0 Å². The third-order valence-electron chi connectivity index (χ3n) is 2.73. The Kier molecular flexibility index (Phi) is 4.39. The number of carbonyl (C=O) groups excluding carboxylic acids is 1. The van der Waals surface area contributed by atoms with E-state index in [0.29, 0.717) is 10.9 Å². The lowest BCUT2D eigenvalue weighted by Crippen LogP contribution is -2.30. The van der Waals surface area contributed by atoms with Gasteiger partial charge in [-0.1, -0.05) is 6.07 Å². The Morgan fingerprint density at radius 1 is 1.25 bits per heavy atom. The van der Waals surface area contributed by atoms with E-state index in [1.165, 1.54) is 11.3 Å². The van der Waals surface area contributed by atoms with E-state index in [4.69, 9.17) is 4.74 Å². The smallest absolute Gasteiger partial charge is 0.266 e. The van der Waals surface area contributed by atoms with Gasteiger partial charge < -0.3 is 4.74 Å². The first-order valence-corrected chi connectivity index (χ1v) is 7.30. The molecule has 0 fully saturated rings. The van der Waals surface area contributed by atoms with E-state index in [9.17, 15) is 4.79 Å². The van der Waals surface area contributed by atoms with Gasteiger partial charge in [-0.3, -0.25) is 10.1 Å². The van der Waals surface area contributed by atoms with Gasteiger partial charge in [0.2, 0.25) is 0 Å². The van der Waals surface area contributed by atoms with Crippen LogP contribution >= 0.6 is 11.3 Å². The van der Waals surface area contributed by atoms with Gasteiger partial charge in [-0.15, -0.1) is 11.3 Å². The first-order valence-electron chi connectivity index (χ1n) is 6.42. The van der Waals surface area contributed by atoms with Gasteiger partial charge >= 0.3 is 0 Å². The summed E-state index contributed by atoms with van der Waals surface area (Å²) in [4.78, 5) is 16.2. The molecule has 1 unspecified atom stereocenters. The van der Waals surface area contributed by atoms with Crippen molar-refractivity contribution in [3.05, 3.63) is 40.4 Å². The number of aryl methyl sites for hydroxylation is 3. The van der Waals surface area contributed by atoms with Gasteiger partial charge in [-0.2, -0.15) is 0 Å². The molecular formula is C15H18N2O2S. The Morgan fingerprint density at radius 3 is 2.45 bits per heavy atom. The van der Waals surface area contributed by atoms with Gasteiger partial charge in [0.25, 0.3) is 5.91 Å². The van der Waals surface area contributed by atoms with Gasteiger partial charge in [0.05, 0.1) is 5.69 Å². The topological polar surface area (TPSA) is 51.2 Å². The minimum Gasteiger partial charge on any atom is -0.481 e. The van der Waals surface area contributed by atoms with Crippen LogP contribution in [-0.2, 0) is 4.79 Å². The molecule has 2 aromatic rings. The number of amides is 1. The molecule has 0 radical (unpaired) electrons. The van der Waals surface area contributed by atoms with Crippen LogP contribution in [0.5, 0.6) is 5.75 Å². The second-order valence-corrected chi connectivity index (χ2v) is 5.72. The highest BCUT2D eigenvalue weighted by molar-refractivity contribution is 7.13. The fourth-order valence-electron chi connectivity index (χ4n) is 1.88. The Labute approximate surface area is 122 Å². The predicted molar refractivity (Wildman–Crippen MR) is 81.5 cm³/mol. The molecule has 0 bridgehead atoms. The van der Waals surface area contributed by atoms with Gasteiger partial charge in [0.1, 0.15) is 5.75 Å². The second kappa shape index (κ2) is 6.05. The number of aromatic nitrogens is 1. The minimum absolute atomic E-state index is 0.196. The summed E-state index contributed by atoms with van der Waals surface area (Å²) in [5.41, 5.74) is 3.12. The Balaban J connectivity index is 2.00. The molecule has 2 rings (SSSR count). The van der Waals surface area contributed by atoms with Crippen molar-refractivity contribution in [1.29, 1.82) is 0 Å². The van der Waals surface area contributed by atoms with E-state index in [2.05, 4.69) is 16.4 Å². The molecule has 1 N–H and O–H groups in total. The van der Waals surface area contributed by atoms with Crippen LogP contribution in [0.25, 0.3) is 0 Å². The van der Waals surface area contributed by atoms with Crippen LogP contribution < -0.4 is 10.1 Å². The summed E-state index contributed by atoms with van der Waals surface area (Å²) in [7, 11) is 0. The van der Waals surface area contributed by atoms with Crippen LogP contribution in [-0.4, -0.2) is 17.0 Å². The van der Waals surface area contributed by atoms with E-state index in [0.717, 1.165) is 16.8 Å². The summed E-state index contributed by atoms with van der Waals surface area (Å²) in [6, 6.07) is 5.91. The number of hydrogen-bond acceptors (Lipinski definition) is 4. The number of rotatable bonds is 4. The molecule has 0 saturated heterocycles. The lowest BCUT2D eigenvalue weighted by atomic mass is 10.1. The maximum atomic E-state index is 12.0. The lowest BCUT2D eigenvalue weighted by Gasteiger charge is -2.14. The molecular weight excluding hydrogens is 272 g/mol. The molecule has 1 heterocycles. The van der Waals surface area contributed by atoms with Crippen molar-refractivity contribution in [2.45, 2.75) is 33.8 Å². The summed E-state index contributed by atoms with van der Waals surface area (Å²) in [5, 5.41) is 5.25. The van der Waals surface area contributed by atoms with Crippen molar-refractivity contribution in [3.8, 4) is 5.75 Å². The fraction of sp³-hybridized carbons (Fsp3) is 0.333. The van der Waals surface area contributed by atoms with Crippen molar-refractivity contribution in [2.24, 2.45) is 0 Å². The fourth-order valence-corrected chi connectivity index (χ4v) is 2.57. The normalized spacial score (nSPS) is 12.0. The summed E-state index contributed by atoms with van der Waals surface area (Å²) in [6.45, 7) is 7.63. The molecule has 0 aliphatic carbocycles. The maximum absolute atomic E-state index is 12.0. The number of nitrogens with one attached hydrogen (secondary N) is 1. The zero-order valence-electron chi connectivity index (χ0n) is 12.1. The number of benzene rings is 1. The van der Waals surface area contributed by atoms with Gasteiger partial charge in [0, 0.05) is 5.38 Å². The predicted octanol–water partition coefficient (Wildman–Crippen LogP) is 3.47. The molecule has 1 aromatic carbocycles. The number of ether oxygens (including phenoxy) is 1. The van der Waals surface area contributed by atoms with Crippen LogP contribution in [0, 0.1) is 20.8 Å². The molecule has 4 nitrogen and oxygen atoms in total. The van der Waals surface area contributed by atoms with Crippen molar-refractivity contribution in [3.63, 3.8) is 0 Å². The van der Waals surface area contributed by atoms with E-state index in [-0.39, 0.29) is 5.91 Å². The first-order chi connectivity index (χ1) is 9.44. The SMILES string of the molecule is Cc1cc(C)cc(OC(C)C(=O)Nc2nc(C)cs2)c1. The molecule has 1 aromatic heterocycles. The van der Waals surface area contributed by atoms with Crippen molar-refractivity contribution in [2.75, 3.05) is 5.32 Å². The third-order valence-corrected chi connectivity index (χ3v) is 3.60. The van der Waals surface area contributed by atoms with Crippen molar-refractivity contribution >= 4 is 22.4 Å². The summed E-state index contributed by atoms with van der Waals surface area (Å²) in [6.07, 6.45) is -0.569. The number of anilines is 1. The van der Waals surface area contributed by atoms with E-state index >= 15 is 0 Å². The van der Waals surface area contributed by atoms with Crippen LogP contribution in [0.3, 0.4) is 0 Å². The highest BCUT2D eigenvalue weighted by Crippen LogP contribution is 2.19. The molecule has 0 spiro atoms. The van der Waals surface area contributed by atoms with Crippen molar-refractivity contribution < 1.29 is 9.53 Å². The molecule has 106 valence electrons. The summed E-state index contributed by atoms with van der Waals surface area (Å²) in [5.74, 6) is 0.513. The quantitative estimate of drug-likeness (QED) is 0.938. The van der Waals surface area contributed by atoms with E-state index in [1.807, 2.05) is 38.3 Å². The van der Waals surface area contributed by atoms with Crippen LogP contribution in [0.2, 0.25) is 0 Å². The Bertz CT molecular complexity index is 602. The largest absolute Gasteiger partial charge is 0.481 e. The highest BCUT2D eigenvalue weighted by atomic mass is 32.1. The standard InChI is InChI=1S/C15H18N2O2S/c1-9-5-10(2)7-13(6-9)19-12(4)14(18)17-15-16-11(3)8-20-15/h5-8,12H,1-4H3,(H,16,17,18). The van der Waals surface area contributed by atoms with Gasteiger partial charge in [-0.25, -0.2) is 4.98 Å². The zero-order valence-corrected chi connectivity index (χ0v) is 12.9. The number of nitrogens with zero attached hydrogens (tertiary/aromatic N) is 1. The second-order valence-electron chi connectivity index (χ2n) is 4.87. The molecule has 1 atom stereocenters. The molecule has 0 saturated carbocycles. The number of thiazole rings is 1. The Hall–Kier alpha value is -1.88. The Morgan fingerprint density at radius 2 is 1.90 bits per heavy atom. The van der Waals surface area contributed by atoms with E-state index < -0.39 is 6.10 Å². The summed E-state index contributed by atoms with van der Waals surface area (Å²) >= 11 is 1.41. The maximum Gasteiger partial charge on any atom is 0.266 e. The van der Waals surface area contributed by atoms with E-state index in [1.54, 1.807) is 6.92 Å². The summed E-state index contributed by atoms with van der Waals surface area (Å²) < 4.78 is 5.68. The van der Waals surface area contributed by atoms with Gasteiger partial charge in [0.15, 0.2) is 11.2 Å². The van der Waals surface area contributed by atoms with Crippen LogP contribution in [0.1, 0.15) is 23.7 Å². The monoisotopic (exact) mass is 290 g/mol. The molecule has 20 heavy (non-hydrogen) atoms. The third kappa shape index (κ3) is 3.81. The van der Waals surface area contributed by atoms with Crippen LogP contribution in [0.15, 0.2) is 23.6 Å². The van der Waals surface area contributed by atoms with Crippen molar-refractivity contribution in [1.82, 2.24) is 4.98 Å². The molecule has 5 heteroatoms. The van der Waals surface area contributed by atoms with Crippen LogP contribution in [0.4, 0.5) is 5.13 Å². The highest BCUT2D eigenvalue weighted by Gasteiger charge is 2.16. The molecule has 0 aliphatic heterocycles. The zero-order chi connectivity index (χ0) is 14.7. The first kappa shape index (κ1) is 14.5. The average molecular weight is 290 g/mol.